The first kappa shape index (κ1) is 20.8. The molecule has 2 aromatic carbocycles. The molecule has 1 aliphatic rings. The van der Waals surface area contributed by atoms with Crippen molar-refractivity contribution in [2.75, 3.05) is 18.0 Å². The van der Waals surface area contributed by atoms with Gasteiger partial charge in [-0.25, -0.2) is 4.98 Å². The van der Waals surface area contributed by atoms with Crippen molar-refractivity contribution in [1.29, 1.82) is 0 Å². The molecule has 8 heteroatoms. The number of benzene rings is 2. The third-order valence-corrected chi connectivity index (χ3v) is 7.08. The molecule has 0 saturated carbocycles. The Morgan fingerprint density at radius 2 is 1.88 bits per heavy atom. The number of fused-ring (bicyclic) bond motifs is 1. The summed E-state index contributed by atoms with van der Waals surface area (Å²) in [6.07, 6.45) is 3.24. The lowest BCUT2D eigenvalue weighted by molar-refractivity contribution is -0.384. The lowest BCUT2D eigenvalue weighted by Crippen LogP contribution is -2.35. The largest absolute Gasteiger partial charge is 0.356 e. The van der Waals surface area contributed by atoms with Crippen LogP contribution in [0.25, 0.3) is 21.3 Å². The third-order valence-electron chi connectivity index (χ3n) is 6.04. The summed E-state index contributed by atoms with van der Waals surface area (Å²) in [7, 11) is 0. The minimum absolute atomic E-state index is 0.0695. The summed E-state index contributed by atoms with van der Waals surface area (Å²) in [6, 6.07) is 17.3. The Kier molecular flexibility index (Phi) is 5.76. The fraction of sp³-hybridized carbons (Fsp3) is 0.250. The molecule has 4 aromatic rings. The van der Waals surface area contributed by atoms with Crippen LogP contribution in [0.5, 0.6) is 0 Å². The Morgan fingerprint density at radius 1 is 1.09 bits per heavy atom. The van der Waals surface area contributed by atoms with Gasteiger partial charge in [-0.05, 0) is 47.9 Å². The smallest absolute Gasteiger partial charge is 0.270 e. The van der Waals surface area contributed by atoms with Gasteiger partial charge in [-0.2, -0.15) is 4.98 Å². The highest BCUT2D eigenvalue weighted by Crippen LogP contribution is 2.40. The molecule has 1 fully saturated rings. The van der Waals surface area contributed by atoms with Gasteiger partial charge in [0.15, 0.2) is 0 Å². The van der Waals surface area contributed by atoms with Gasteiger partial charge in [0.1, 0.15) is 10.6 Å². The Hall–Kier alpha value is -3.03. The highest BCUT2D eigenvalue weighted by atomic mass is 35.5. The molecular formula is C24H21ClN4O2S. The van der Waals surface area contributed by atoms with Crippen LogP contribution < -0.4 is 4.90 Å². The number of rotatable bonds is 5. The second kappa shape index (κ2) is 8.84. The van der Waals surface area contributed by atoms with E-state index in [2.05, 4.69) is 45.2 Å². The zero-order valence-corrected chi connectivity index (χ0v) is 18.9. The third kappa shape index (κ3) is 4.18. The fourth-order valence-electron chi connectivity index (χ4n) is 4.42. The first-order chi connectivity index (χ1) is 15.6. The average Bonchev–Trinajstić information content (AvgIpc) is 3.23. The molecule has 6 nitrogen and oxygen atoms in total. The standard InChI is InChI=1S/C24H21ClN4O2S/c25-24-26-22(28-11-9-17(10-12-28)13-16-5-2-1-3-6-16)21-20(15-32-23(21)27-24)18-7-4-8-19(14-18)29(30)31/h1-8,14-15,17H,9-13H2. The first-order valence-corrected chi connectivity index (χ1v) is 11.8. The second-order valence-electron chi connectivity index (χ2n) is 8.07. The van der Waals surface area contributed by atoms with E-state index in [1.165, 1.54) is 23.0 Å². The molecule has 32 heavy (non-hydrogen) atoms. The normalized spacial score (nSPS) is 14.7. The summed E-state index contributed by atoms with van der Waals surface area (Å²) in [5.41, 5.74) is 3.15. The number of nitro benzene ring substituents is 1. The van der Waals surface area contributed by atoms with Crippen molar-refractivity contribution in [3.63, 3.8) is 0 Å². The lowest BCUT2D eigenvalue weighted by atomic mass is 9.90. The molecule has 1 saturated heterocycles. The minimum atomic E-state index is -0.371. The van der Waals surface area contributed by atoms with E-state index in [0.29, 0.717) is 5.92 Å². The first-order valence-electron chi connectivity index (χ1n) is 10.6. The molecule has 0 radical (unpaired) electrons. The summed E-state index contributed by atoms with van der Waals surface area (Å²) >= 11 is 7.76. The van der Waals surface area contributed by atoms with Crippen LogP contribution in [0, 0.1) is 16.0 Å². The van der Waals surface area contributed by atoms with Gasteiger partial charge in [0.2, 0.25) is 5.28 Å². The molecule has 0 amide bonds. The molecule has 0 unspecified atom stereocenters. The predicted molar refractivity (Wildman–Crippen MR) is 130 cm³/mol. The SMILES string of the molecule is O=[N+]([O-])c1cccc(-c2csc3nc(Cl)nc(N4CCC(Cc5ccccc5)CC4)c23)c1. The summed E-state index contributed by atoms with van der Waals surface area (Å²) in [6.45, 7) is 1.79. The van der Waals surface area contributed by atoms with E-state index in [4.69, 9.17) is 11.6 Å². The summed E-state index contributed by atoms with van der Waals surface area (Å²) in [5, 5.41) is 14.4. The van der Waals surface area contributed by atoms with Crippen molar-refractivity contribution in [2.45, 2.75) is 19.3 Å². The van der Waals surface area contributed by atoms with Gasteiger partial charge in [-0.1, -0.05) is 42.5 Å². The molecule has 2 aromatic heterocycles. The Bertz CT molecular complexity index is 1270. The number of non-ortho nitro benzene ring substituents is 1. The van der Waals surface area contributed by atoms with Crippen LogP contribution >= 0.6 is 22.9 Å². The molecule has 0 atom stereocenters. The summed E-state index contributed by atoms with van der Waals surface area (Å²) in [5.74, 6) is 1.46. The quantitative estimate of drug-likeness (QED) is 0.195. The van der Waals surface area contributed by atoms with Crippen molar-refractivity contribution in [1.82, 2.24) is 9.97 Å². The van der Waals surface area contributed by atoms with Crippen molar-refractivity contribution in [2.24, 2.45) is 5.92 Å². The minimum Gasteiger partial charge on any atom is -0.356 e. The van der Waals surface area contributed by atoms with Gasteiger partial charge in [0.25, 0.3) is 5.69 Å². The lowest BCUT2D eigenvalue weighted by Gasteiger charge is -2.33. The van der Waals surface area contributed by atoms with Gasteiger partial charge in [-0.3, -0.25) is 10.1 Å². The number of hydrogen-bond acceptors (Lipinski definition) is 6. The number of nitro groups is 1. The maximum Gasteiger partial charge on any atom is 0.270 e. The van der Waals surface area contributed by atoms with Gasteiger partial charge in [0.05, 0.1) is 10.3 Å². The molecule has 0 spiro atoms. The van der Waals surface area contributed by atoms with Crippen molar-refractivity contribution < 1.29 is 4.92 Å². The van der Waals surface area contributed by atoms with Crippen LogP contribution in [0.1, 0.15) is 18.4 Å². The van der Waals surface area contributed by atoms with Crippen LogP contribution in [0.3, 0.4) is 0 Å². The molecule has 0 N–H and O–H groups in total. The van der Waals surface area contributed by atoms with E-state index in [0.717, 1.165) is 59.5 Å². The highest BCUT2D eigenvalue weighted by Gasteiger charge is 2.25. The number of nitrogens with zero attached hydrogens (tertiary/aromatic N) is 4. The topological polar surface area (TPSA) is 72.2 Å². The average molecular weight is 465 g/mol. The van der Waals surface area contributed by atoms with E-state index in [9.17, 15) is 10.1 Å². The van der Waals surface area contributed by atoms with Crippen molar-refractivity contribution in [3.05, 3.63) is 80.9 Å². The van der Waals surface area contributed by atoms with E-state index in [1.54, 1.807) is 12.1 Å². The van der Waals surface area contributed by atoms with Gasteiger partial charge in [0, 0.05) is 36.2 Å². The number of halogens is 1. The molecule has 0 aliphatic carbocycles. The summed E-state index contributed by atoms with van der Waals surface area (Å²) in [4.78, 5) is 23.0. The molecule has 3 heterocycles. The van der Waals surface area contributed by atoms with Crippen LogP contribution in [-0.2, 0) is 6.42 Å². The molecule has 1 aliphatic heterocycles. The van der Waals surface area contributed by atoms with E-state index in [1.807, 2.05) is 11.4 Å². The highest BCUT2D eigenvalue weighted by molar-refractivity contribution is 7.17. The maximum atomic E-state index is 11.3. The van der Waals surface area contributed by atoms with Crippen LogP contribution in [0.15, 0.2) is 60.0 Å². The van der Waals surface area contributed by atoms with Crippen molar-refractivity contribution in [3.8, 4) is 11.1 Å². The number of aromatic nitrogens is 2. The monoisotopic (exact) mass is 464 g/mol. The van der Waals surface area contributed by atoms with Gasteiger partial charge >= 0.3 is 0 Å². The Labute approximate surface area is 194 Å². The number of thiophene rings is 1. The molecular weight excluding hydrogens is 444 g/mol. The number of hydrogen-bond donors (Lipinski definition) is 0. The van der Waals surface area contributed by atoms with Crippen LogP contribution in [0.4, 0.5) is 11.5 Å². The molecule has 0 bridgehead atoms. The van der Waals surface area contributed by atoms with Crippen LogP contribution in [-0.4, -0.2) is 28.0 Å². The molecule has 162 valence electrons. The summed E-state index contributed by atoms with van der Waals surface area (Å²) < 4.78 is 0. The van der Waals surface area contributed by atoms with Crippen LogP contribution in [0.2, 0.25) is 5.28 Å². The zero-order valence-electron chi connectivity index (χ0n) is 17.3. The Balaban J connectivity index is 1.45. The number of anilines is 1. The maximum absolute atomic E-state index is 11.3. The van der Waals surface area contributed by atoms with E-state index < -0.39 is 0 Å². The number of piperidine rings is 1. The van der Waals surface area contributed by atoms with E-state index >= 15 is 0 Å². The van der Waals surface area contributed by atoms with Gasteiger partial charge < -0.3 is 4.90 Å². The Morgan fingerprint density at radius 3 is 2.62 bits per heavy atom. The zero-order chi connectivity index (χ0) is 22.1. The molecule has 5 rings (SSSR count). The second-order valence-corrected chi connectivity index (χ2v) is 9.27. The predicted octanol–water partition coefficient (Wildman–Crippen LogP) is 6.38. The van der Waals surface area contributed by atoms with Gasteiger partial charge in [-0.15, -0.1) is 11.3 Å². The fourth-order valence-corrected chi connectivity index (χ4v) is 5.58. The van der Waals surface area contributed by atoms with E-state index in [-0.39, 0.29) is 15.9 Å². The van der Waals surface area contributed by atoms with Crippen molar-refractivity contribution >= 4 is 44.7 Å².